The molecule has 0 aliphatic carbocycles. The Morgan fingerprint density at radius 2 is 2.05 bits per heavy atom. The second-order valence-corrected chi connectivity index (χ2v) is 5.29. The van der Waals surface area contributed by atoms with Crippen LogP contribution in [-0.4, -0.2) is 11.1 Å². The lowest BCUT2D eigenvalue weighted by Gasteiger charge is -2.09. The van der Waals surface area contributed by atoms with E-state index in [0.717, 1.165) is 6.08 Å². The summed E-state index contributed by atoms with van der Waals surface area (Å²) in [7, 11) is 0. The maximum absolute atomic E-state index is 13.0. The monoisotopic (exact) mass is 370 g/mol. The van der Waals surface area contributed by atoms with E-state index in [1.54, 1.807) is 18.2 Å². The lowest BCUT2D eigenvalue weighted by atomic mass is 10.2. The summed E-state index contributed by atoms with van der Waals surface area (Å²) in [6, 6.07) is 8.90. The molecule has 0 saturated heterocycles. The minimum absolute atomic E-state index is 0.350. The SMILES string of the molecule is O=C(O)/C=C/c1ccc(Oc2ccc(F)cc2Br)cc1Cl. The van der Waals surface area contributed by atoms with E-state index in [-0.39, 0.29) is 5.82 Å². The molecule has 3 nitrogen and oxygen atoms in total. The molecular formula is C15H9BrClFO3. The van der Waals surface area contributed by atoms with Crippen molar-refractivity contribution in [2.45, 2.75) is 0 Å². The Morgan fingerprint density at radius 3 is 2.67 bits per heavy atom. The summed E-state index contributed by atoms with van der Waals surface area (Å²) < 4.78 is 19.1. The van der Waals surface area contributed by atoms with Crippen molar-refractivity contribution in [1.82, 2.24) is 0 Å². The van der Waals surface area contributed by atoms with Crippen molar-refractivity contribution in [3.8, 4) is 11.5 Å². The maximum atomic E-state index is 13.0. The van der Waals surface area contributed by atoms with Gasteiger partial charge in [0.05, 0.1) is 9.50 Å². The second-order valence-electron chi connectivity index (χ2n) is 4.03. The van der Waals surface area contributed by atoms with Crippen LogP contribution in [0.2, 0.25) is 5.02 Å². The van der Waals surface area contributed by atoms with E-state index < -0.39 is 5.97 Å². The van der Waals surface area contributed by atoms with Crippen LogP contribution >= 0.6 is 27.5 Å². The Balaban J connectivity index is 2.22. The molecule has 21 heavy (non-hydrogen) atoms. The van der Waals surface area contributed by atoms with E-state index in [0.29, 0.717) is 26.6 Å². The number of ether oxygens (including phenoxy) is 1. The van der Waals surface area contributed by atoms with Crippen LogP contribution in [0.4, 0.5) is 4.39 Å². The summed E-state index contributed by atoms with van der Waals surface area (Å²) in [6.07, 6.45) is 2.39. The van der Waals surface area contributed by atoms with E-state index >= 15 is 0 Å². The average Bonchev–Trinajstić information content (AvgIpc) is 2.41. The molecule has 0 saturated carbocycles. The van der Waals surface area contributed by atoms with E-state index in [4.69, 9.17) is 21.4 Å². The van der Waals surface area contributed by atoms with Crippen LogP contribution in [0.5, 0.6) is 11.5 Å². The van der Waals surface area contributed by atoms with Crippen LogP contribution in [-0.2, 0) is 4.79 Å². The molecular weight excluding hydrogens is 363 g/mol. The number of hydrogen-bond acceptors (Lipinski definition) is 2. The first-order chi connectivity index (χ1) is 9.95. The highest BCUT2D eigenvalue weighted by Crippen LogP contribution is 2.32. The lowest BCUT2D eigenvalue weighted by molar-refractivity contribution is -0.131. The third-order valence-corrected chi connectivity index (χ3v) is 3.45. The fourth-order valence-electron chi connectivity index (χ4n) is 1.55. The van der Waals surface area contributed by atoms with Crippen LogP contribution < -0.4 is 4.74 Å². The molecule has 0 aliphatic rings. The van der Waals surface area contributed by atoms with Crippen LogP contribution in [0.1, 0.15) is 5.56 Å². The van der Waals surface area contributed by atoms with Crippen LogP contribution in [0.3, 0.4) is 0 Å². The summed E-state index contributed by atoms with van der Waals surface area (Å²) in [5.41, 5.74) is 0.560. The van der Waals surface area contributed by atoms with Crippen molar-refractivity contribution in [3.05, 3.63) is 63.4 Å². The van der Waals surface area contributed by atoms with Gasteiger partial charge in [-0.05, 0) is 64.0 Å². The summed E-state index contributed by atoms with van der Waals surface area (Å²) >= 11 is 9.25. The van der Waals surface area contributed by atoms with Gasteiger partial charge in [-0.3, -0.25) is 0 Å². The van der Waals surface area contributed by atoms with E-state index in [9.17, 15) is 9.18 Å². The van der Waals surface area contributed by atoms with Gasteiger partial charge in [-0.1, -0.05) is 11.6 Å². The van der Waals surface area contributed by atoms with Crippen LogP contribution in [0, 0.1) is 5.82 Å². The zero-order valence-corrected chi connectivity index (χ0v) is 12.9. The Hall–Kier alpha value is -1.85. The fraction of sp³-hybridized carbons (Fsp3) is 0. The summed E-state index contributed by atoms with van der Waals surface area (Å²) in [6.45, 7) is 0. The van der Waals surface area contributed by atoms with Gasteiger partial charge >= 0.3 is 5.97 Å². The van der Waals surface area contributed by atoms with Gasteiger partial charge in [0.2, 0.25) is 0 Å². The first-order valence-electron chi connectivity index (χ1n) is 5.79. The standard InChI is InChI=1S/C15H9BrClFO3/c16-12-7-10(18)3-5-14(12)21-11-4-1-9(13(17)8-11)2-6-15(19)20/h1-8H,(H,19,20)/b6-2+. The largest absolute Gasteiger partial charge is 0.478 e. The third-order valence-electron chi connectivity index (χ3n) is 2.50. The molecule has 2 aromatic carbocycles. The molecule has 6 heteroatoms. The molecule has 0 amide bonds. The zero-order chi connectivity index (χ0) is 15.4. The normalized spacial score (nSPS) is 10.8. The minimum atomic E-state index is -1.05. The number of carboxylic acid groups (broad SMARTS) is 1. The molecule has 0 heterocycles. The topological polar surface area (TPSA) is 46.5 Å². The number of benzene rings is 2. The average molecular weight is 372 g/mol. The molecule has 0 radical (unpaired) electrons. The molecule has 0 fully saturated rings. The predicted molar refractivity (Wildman–Crippen MR) is 82.3 cm³/mol. The van der Waals surface area contributed by atoms with Crippen molar-refractivity contribution in [2.24, 2.45) is 0 Å². The highest BCUT2D eigenvalue weighted by molar-refractivity contribution is 9.10. The van der Waals surface area contributed by atoms with E-state index in [1.165, 1.54) is 24.3 Å². The van der Waals surface area contributed by atoms with Crippen LogP contribution in [0.15, 0.2) is 46.9 Å². The van der Waals surface area contributed by atoms with Gasteiger partial charge in [0.25, 0.3) is 0 Å². The first-order valence-corrected chi connectivity index (χ1v) is 6.96. The summed E-state index contributed by atoms with van der Waals surface area (Å²) in [5, 5.41) is 8.93. The number of aliphatic carboxylic acids is 1. The number of carbonyl (C=O) groups is 1. The van der Waals surface area contributed by atoms with Crippen molar-refractivity contribution >= 4 is 39.6 Å². The van der Waals surface area contributed by atoms with Crippen molar-refractivity contribution in [1.29, 1.82) is 0 Å². The van der Waals surface area contributed by atoms with Crippen molar-refractivity contribution < 1.29 is 19.0 Å². The Bertz CT molecular complexity index is 716. The van der Waals surface area contributed by atoms with Gasteiger partial charge in [-0.25, -0.2) is 9.18 Å². The highest BCUT2D eigenvalue weighted by Gasteiger charge is 2.06. The van der Waals surface area contributed by atoms with Crippen molar-refractivity contribution in [2.75, 3.05) is 0 Å². The molecule has 2 rings (SSSR count). The zero-order valence-electron chi connectivity index (χ0n) is 10.5. The van der Waals surface area contributed by atoms with E-state index in [2.05, 4.69) is 15.9 Å². The van der Waals surface area contributed by atoms with Gasteiger partial charge in [-0.2, -0.15) is 0 Å². The molecule has 0 bridgehead atoms. The summed E-state index contributed by atoms with van der Waals surface area (Å²) in [4.78, 5) is 10.5. The lowest BCUT2D eigenvalue weighted by Crippen LogP contribution is -1.88. The van der Waals surface area contributed by atoms with Gasteiger partial charge in [0.1, 0.15) is 17.3 Å². The molecule has 0 unspecified atom stereocenters. The molecule has 108 valence electrons. The number of rotatable bonds is 4. The van der Waals surface area contributed by atoms with Gasteiger partial charge in [0.15, 0.2) is 0 Å². The number of carboxylic acids is 1. The Labute approximate surface area is 133 Å². The number of halogens is 3. The predicted octanol–water partition coefficient (Wildman–Crippen LogP) is 5.13. The highest BCUT2D eigenvalue weighted by atomic mass is 79.9. The van der Waals surface area contributed by atoms with E-state index in [1.807, 2.05) is 0 Å². The molecule has 0 spiro atoms. The Morgan fingerprint density at radius 1 is 1.29 bits per heavy atom. The minimum Gasteiger partial charge on any atom is -0.478 e. The van der Waals surface area contributed by atoms with Gasteiger partial charge in [0, 0.05) is 6.08 Å². The second kappa shape index (κ2) is 6.74. The smallest absolute Gasteiger partial charge is 0.328 e. The first kappa shape index (κ1) is 15.5. The Kier molecular flexibility index (Phi) is 4.98. The van der Waals surface area contributed by atoms with Gasteiger partial charge < -0.3 is 9.84 Å². The fourth-order valence-corrected chi connectivity index (χ4v) is 2.22. The maximum Gasteiger partial charge on any atom is 0.328 e. The van der Waals surface area contributed by atoms with Crippen molar-refractivity contribution in [3.63, 3.8) is 0 Å². The third kappa shape index (κ3) is 4.31. The quantitative estimate of drug-likeness (QED) is 0.758. The number of hydrogen-bond donors (Lipinski definition) is 1. The molecule has 0 atom stereocenters. The molecule has 0 aliphatic heterocycles. The molecule has 2 aromatic rings. The molecule has 0 aromatic heterocycles. The van der Waals surface area contributed by atoms with Gasteiger partial charge in [-0.15, -0.1) is 0 Å². The summed E-state index contributed by atoms with van der Waals surface area (Å²) in [5.74, 6) is -0.524. The van der Waals surface area contributed by atoms with Crippen LogP contribution in [0.25, 0.3) is 6.08 Å². The molecule has 1 N–H and O–H groups in total.